The number of unbranched alkanes of at least 4 members (excludes halogenated alkanes) is 5. The van der Waals surface area contributed by atoms with Gasteiger partial charge >= 0.3 is 0 Å². The van der Waals surface area contributed by atoms with Crippen LogP contribution in [-0.4, -0.2) is 39.7 Å². The maximum atomic E-state index is 12.6. The van der Waals surface area contributed by atoms with Crippen LogP contribution in [0.2, 0.25) is 0 Å². The number of ether oxygens (including phenoxy) is 3. The highest BCUT2D eigenvalue weighted by atomic mass is 16.6. The summed E-state index contributed by atoms with van der Waals surface area (Å²) in [6.07, 6.45) is 14.5. The summed E-state index contributed by atoms with van der Waals surface area (Å²) in [4.78, 5) is 12.6. The van der Waals surface area contributed by atoms with E-state index >= 15 is 0 Å². The van der Waals surface area contributed by atoms with Crippen LogP contribution in [0.5, 0.6) is 17.2 Å². The predicted molar refractivity (Wildman–Crippen MR) is 142 cm³/mol. The van der Waals surface area contributed by atoms with E-state index in [0.29, 0.717) is 29.6 Å². The molecule has 1 aliphatic rings. The fourth-order valence-corrected chi connectivity index (χ4v) is 3.84. The number of para-hydroxylation sites is 1. The minimum Gasteiger partial charge on any atom is -0.490 e. The molecule has 1 aromatic heterocycles. The number of amides is 1. The normalized spacial score (nSPS) is 14.8. The lowest BCUT2D eigenvalue weighted by Gasteiger charge is -2.26. The fraction of sp³-hybridized carbons (Fsp3) is 0.357. The van der Waals surface area contributed by atoms with E-state index in [2.05, 4.69) is 45.0 Å². The third-order valence-electron chi connectivity index (χ3n) is 5.83. The van der Waals surface area contributed by atoms with Crippen LogP contribution in [0.1, 0.15) is 62.9 Å². The van der Waals surface area contributed by atoms with Crippen molar-refractivity contribution >= 4 is 17.7 Å². The highest BCUT2D eigenvalue weighted by Crippen LogP contribution is 2.41. The summed E-state index contributed by atoms with van der Waals surface area (Å²) in [6, 6.07) is 12.9. The maximum Gasteiger partial charge on any atom is 0.248 e. The number of carbonyl (C=O) groups excluding carboxylic acids is 1. The van der Waals surface area contributed by atoms with E-state index in [-0.39, 0.29) is 12.5 Å². The zero-order valence-electron chi connectivity index (χ0n) is 21.1. The SMILES string of the molecule is CCCCCCCC=CCOc1ccc(C=CC(=O)Nc2cccc3c2OC(c2nn[nH]n2)CO3)cc1. The van der Waals surface area contributed by atoms with Crippen molar-refractivity contribution in [2.75, 3.05) is 18.5 Å². The van der Waals surface area contributed by atoms with E-state index in [1.807, 2.05) is 24.3 Å². The second-order valence-electron chi connectivity index (χ2n) is 8.70. The molecule has 1 amide bonds. The molecule has 2 aromatic carbocycles. The molecule has 0 aliphatic carbocycles. The number of tetrazole rings is 1. The number of allylic oxidation sites excluding steroid dienone is 1. The maximum absolute atomic E-state index is 12.6. The number of aromatic amines is 1. The first-order valence-electron chi connectivity index (χ1n) is 12.8. The quantitative estimate of drug-likeness (QED) is 0.176. The van der Waals surface area contributed by atoms with Gasteiger partial charge in [-0.05, 0) is 48.7 Å². The number of aromatic nitrogens is 4. The molecule has 4 rings (SSSR count). The van der Waals surface area contributed by atoms with Gasteiger partial charge in [0.2, 0.25) is 11.7 Å². The number of nitrogens with one attached hydrogen (secondary N) is 2. The van der Waals surface area contributed by atoms with Crippen LogP contribution in [0.4, 0.5) is 5.69 Å². The number of fused-ring (bicyclic) bond motifs is 1. The van der Waals surface area contributed by atoms with Crippen molar-refractivity contribution < 1.29 is 19.0 Å². The van der Waals surface area contributed by atoms with Crippen molar-refractivity contribution in [3.8, 4) is 17.2 Å². The standard InChI is InChI=1S/C28H33N5O4/c1-2-3-4-5-6-7-8-9-19-35-22-16-13-21(14-17-22)15-18-26(34)29-23-11-10-12-24-27(23)37-25(20-36-24)28-30-32-33-31-28/h8-18,25H,2-7,19-20H2,1H3,(H,29,34)(H,30,31,32,33). The van der Waals surface area contributed by atoms with Crippen LogP contribution < -0.4 is 19.5 Å². The molecular weight excluding hydrogens is 470 g/mol. The Labute approximate surface area is 216 Å². The number of benzene rings is 2. The molecule has 9 heteroatoms. The van der Waals surface area contributed by atoms with Gasteiger partial charge < -0.3 is 19.5 Å². The van der Waals surface area contributed by atoms with Gasteiger partial charge in [-0.2, -0.15) is 5.21 Å². The zero-order valence-corrected chi connectivity index (χ0v) is 21.1. The number of rotatable bonds is 13. The van der Waals surface area contributed by atoms with E-state index in [0.717, 1.165) is 17.7 Å². The molecule has 37 heavy (non-hydrogen) atoms. The van der Waals surface area contributed by atoms with Gasteiger partial charge in [-0.25, -0.2) is 0 Å². The van der Waals surface area contributed by atoms with Gasteiger partial charge in [-0.15, -0.1) is 10.2 Å². The summed E-state index contributed by atoms with van der Waals surface area (Å²) < 4.78 is 17.5. The third-order valence-corrected chi connectivity index (χ3v) is 5.83. The third kappa shape index (κ3) is 7.93. The van der Waals surface area contributed by atoms with Gasteiger partial charge in [-0.1, -0.05) is 68.2 Å². The predicted octanol–water partition coefficient (Wildman–Crippen LogP) is 5.66. The van der Waals surface area contributed by atoms with Crippen molar-refractivity contribution in [2.24, 2.45) is 0 Å². The molecule has 1 atom stereocenters. The van der Waals surface area contributed by atoms with Crippen LogP contribution >= 0.6 is 0 Å². The Bertz CT molecular complexity index is 1180. The Morgan fingerprint density at radius 3 is 2.81 bits per heavy atom. The van der Waals surface area contributed by atoms with Gasteiger partial charge in [0.05, 0.1) is 5.69 Å². The lowest BCUT2D eigenvalue weighted by molar-refractivity contribution is -0.111. The number of hydrogen-bond donors (Lipinski definition) is 2. The number of H-pyrrole nitrogens is 1. The zero-order chi connectivity index (χ0) is 25.7. The second-order valence-corrected chi connectivity index (χ2v) is 8.70. The highest BCUT2D eigenvalue weighted by molar-refractivity contribution is 6.03. The Hall–Kier alpha value is -4.14. The van der Waals surface area contributed by atoms with E-state index in [1.54, 1.807) is 24.3 Å². The molecule has 0 fully saturated rings. The first-order chi connectivity index (χ1) is 18.2. The van der Waals surface area contributed by atoms with Gasteiger partial charge in [-0.3, -0.25) is 4.79 Å². The molecule has 9 nitrogen and oxygen atoms in total. The second kappa shape index (κ2) is 13.8. The summed E-state index contributed by atoms with van der Waals surface area (Å²) >= 11 is 0. The lowest BCUT2D eigenvalue weighted by Crippen LogP contribution is -2.24. The number of carbonyl (C=O) groups is 1. The van der Waals surface area contributed by atoms with Gasteiger partial charge in [0.1, 0.15) is 19.0 Å². The van der Waals surface area contributed by atoms with E-state index < -0.39 is 6.10 Å². The minimum absolute atomic E-state index is 0.249. The van der Waals surface area contributed by atoms with Crippen LogP contribution in [0.25, 0.3) is 6.08 Å². The molecular formula is C28H33N5O4. The van der Waals surface area contributed by atoms with E-state index in [9.17, 15) is 4.79 Å². The Balaban J connectivity index is 1.24. The molecule has 0 radical (unpaired) electrons. The molecule has 3 aromatic rings. The molecule has 194 valence electrons. The largest absolute Gasteiger partial charge is 0.490 e. The molecule has 0 saturated carbocycles. The monoisotopic (exact) mass is 503 g/mol. The first kappa shape index (κ1) is 25.9. The smallest absolute Gasteiger partial charge is 0.248 e. The van der Waals surface area contributed by atoms with Gasteiger partial charge in [0.25, 0.3) is 0 Å². The van der Waals surface area contributed by atoms with Crippen LogP contribution in [0.3, 0.4) is 0 Å². The van der Waals surface area contributed by atoms with Gasteiger partial charge in [0.15, 0.2) is 17.6 Å². The van der Waals surface area contributed by atoms with Crippen molar-refractivity contribution in [2.45, 2.75) is 51.6 Å². The van der Waals surface area contributed by atoms with Crippen molar-refractivity contribution in [1.29, 1.82) is 0 Å². The summed E-state index contributed by atoms with van der Waals surface area (Å²) in [6.45, 7) is 3.03. The molecule has 2 N–H and O–H groups in total. The minimum atomic E-state index is -0.522. The molecule has 0 spiro atoms. The Kier molecular flexibility index (Phi) is 9.69. The molecule has 1 aliphatic heterocycles. The number of nitrogens with zero attached hydrogens (tertiary/aromatic N) is 3. The molecule has 0 bridgehead atoms. The Morgan fingerprint density at radius 1 is 1.14 bits per heavy atom. The summed E-state index contributed by atoms with van der Waals surface area (Å²) in [5.41, 5.74) is 1.38. The first-order valence-corrected chi connectivity index (χ1v) is 12.8. The molecule has 0 saturated heterocycles. The topological polar surface area (TPSA) is 111 Å². The fourth-order valence-electron chi connectivity index (χ4n) is 3.84. The van der Waals surface area contributed by atoms with Crippen molar-refractivity contribution in [3.05, 3.63) is 72.1 Å². The summed E-state index contributed by atoms with van der Waals surface area (Å²) in [5, 5.41) is 16.7. The number of anilines is 1. The lowest BCUT2D eigenvalue weighted by atomic mass is 10.1. The average molecular weight is 504 g/mol. The molecule has 1 unspecified atom stereocenters. The average Bonchev–Trinajstić information content (AvgIpc) is 3.47. The molecule has 2 heterocycles. The van der Waals surface area contributed by atoms with Crippen LogP contribution in [-0.2, 0) is 4.79 Å². The van der Waals surface area contributed by atoms with Crippen molar-refractivity contribution in [1.82, 2.24) is 20.6 Å². The van der Waals surface area contributed by atoms with Crippen LogP contribution in [0, 0.1) is 0 Å². The van der Waals surface area contributed by atoms with Crippen LogP contribution in [0.15, 0.2) is 60.7 Å². The van der Waals surface area contributed by atoms with Crippen molar-refractivity contribution in [3.63, 3.8) is 0 Å². The number of hydrogen-bond acceptors (Lipinski definition) is 7. The summed E-state index contributed by atoms with van der Waals surface area (Å²) in [5.74, 6) is 1.85. The highest BCUT2D eigenvalue weighted by Gasteiger charge is 2.28. The van der Waals surface area contributed by atoms with E-state index in [1.165, 1.54) is 38.2 Å². The van der Waals surface area contributed by atoms with Gasteiger partial charge in [0, 0.05) is 6.08 Å². The summed E-state index contributed by atoms with van der Waals surface area (Å²) in [7, 11) is 0. The van der Waals surface area contributed by atoms with E-state index in [4.69, 9.17) is 14.2 Å². The Morgan fingerprint density at radius 2 is 2.00 bits per heavy atom.